The lowest BCUT2D eigenvalue weighted by Gasteiger charge is -2.17. The third-order valence-electron chi connectivity index (χ3n) is 5.42. The highest BCUT2D eigenvalue weighted by Gasteiger charge is 2.25. The lowest BCUT2D eigenvalue weighted by atomic mass is 9.91. The molecular weight excluding hydrogens is 300 g/mol. The molecule has 0 bridgehead atoms. The standard InChI is InChI=1S/C21H24O3/c22-19-7-1-4-16(19)13-10-14(17-5-2-8-20(17)23)12-15(11-13)18-6-3-9-21(18)24/h4-6,10-12,19-24H,1-3,7-9H2/t19-,20-,21-/m1/s1. The monoisotopic (exact) mass is 324 g/mol. The van der Waals surface area contributed by atoms with E-state index in [1.165, 1.54) is 0 Å². The van der Waals surface area contributed by atoms with E-state index in [2.05, 4.69) is 36.4 Å². The average molecular weight is 324 g/mol. The second kappa shape index (κ2) is 6.32. The van der Waals surface area contributed by atoms with Crippen molar-refractivity contribution in [3.8, 4) is 0 Å². The largest absolute Gasteiger partial charge is 0.388 e. The summed E-state index contributed by atoms with van der Waals surface area (Å²) in [7, 11) is 0. The minimum absolute atomic E-state index is 0.418. The van der Waals surface area contributed by atoms with Crippen LogP contribution in [0.15, 0.2) is 36.4 Å². The van der Waals surface area contributed by atoms with Gasteiger partial charge in [0.1, 0.15) is 0 Å². The molecular formula is C21H24O3. The summed E-state index contributed by atoms with van der Waals surface area (Å²) in [5.41, 5.74) is 5.94. The highest BCUT2D eigenvalue weighted by Crippen LogP contribution is 2.37. The zero-order valence-electron chi connectivity index (χ0n) is 13.8. The fourth-order valence-electron chi connectivity index (χ4n) is 4.12. The zero-order valence-corrected chi connectivity index (χ0v) is 13.8. The van der Waals surface area contributed by atoms with Gasteiger partial charge in [-0.1, -0.05) is 18.2 Å². The molecule has 4 rings (SSSR count). The summed E-state index contributed by atoms with van der Waals surface area (Å²) in [5, 5.41) is 30.8. The molecule has 0 unspecified atom stereocenters. The Morgan fingerprint density at radius 3 is 1.04 bits per heavy atom. The summed E-state index contributed by atoms with van der Waals surface area (Å²) in [5.74, 6) is 0. The van der Waals surface area contributed by atoms with E-state index in [0.717, 1.165) is 71.9 Å². The van der Waals surface area contributed by atoms with Crippen LogP contribution in [0.25, 0.3) is 16.7 Å². The van der Waals surface area contributed by atoms with E-state index in [9.17, 15) is 15.3 Å². The van der Waals surface area contributed by atoms with Crippen molar-refractivity contribution in [2.75, 3.05) is 0 Å². The first kappa shape index (κ1) is 15.8. The minimum Gasteiger partial charge on any atom is -0.388 e. The lowest BCUT2D eigenvalue weighted by Crippen LogP contribution is -2.09. The van der Waals surface area contributed by atoms with Gasteiger partial charge in [-0.15, -0.1) is 0 Å². The Labute approximate surface area is 142 Å². The predicted molar refractivity (Wildman–Crippen MR) is 96.1 cm³/mol. The first-order chi connectivity index (χ1) is 11.6. The van der Waals surface area contributed by atoms with Crippen LogP contribution in [0.3, 0.4) is 0 Å². The number of benzene rings is 1. The molecule has 0 aliphatic heterocycles. The third-order valence-corrected chi connectivity index (χ3v) is 5.42. The van der Waals surface area contributed by atoms with Crippen LogP contribution in [0, 0.1) is 0 Å². The molecule has 0 radical (unpaired) electrons. The van der Waals surface area contributed by atoms with Crippen LogP contribution in [-0.2, 0) is 0 Å². The molecule has 24 heavy (non-hydrogen) atoms. The highest BCUT2D eigenvalue weighted by atomic mass is 16.3. The molecule has 3 aliphatic rings. The molecule has 1 aromatic rings. The number of hydrogen-bond acceptors (Lipinski definition) is 3. The smallest absolute Gasteiger partial charge is 0.0795 e. The van der Waals surface area contributed by atoms with Crippen molar-refractivity contribution in [3.63, 3.8) is 0 Å². The fraction of sp³-hybridized carbons (Fsp3) is 0.429. The second-order valence-corrected chi connectivity index (χ2v) is 7.06. The van der Waals surface area contributed by atoms with Crippen LogP contribution < -0.4 is 0 Å². The lowest BCUT2D eigenvalue weighted by molar-refractivity contribution is 0.231. The van der Waals surface area contributed by atoms with Crippen LogP contribution in [0.5, 0.6) is 0 Å². The molecule has 0 amide bonds. The van der Waals surface area contributed by atoms with Crippen molar-refractivity contribution < 1.29 is 15.3 Å². The highest BCUT2D eigenvalue weighted by molar-refractivity contribution is 5.82. The normalized spacial score (nSPS) is 29.6. The van der Waals surface area contributed by atoms with Gasteiger partial charge in [0.2, 0.25) is 0 Å². The number of rotatable bonds is 3. The molecule has 0 heterocycles. The number of hydrogen-bond donors (Lipinski definition) is 3. The van der Waals surface area contributed by atoms with Crippen LogP contribution in [0.2, 0.25) is 0 Å². The molecule has 0 aromatic heterocycles. The van der Waals surface area contributed by atoms with Crippen molar-refractivity contribution in [2.45, 2.75) is 56.8 Å². The van der Waals surface area contributed by atoms with E-state index in [1.807, 2.05) is 0 Å². The molecule has 3 nitrogen and oxygen atoms in total. The van der Waals surface area contributed by atoms with E-state index in [4.69, 9.17) is 0 Å². The SMILES string of the molecule is O[C@@H]1CCC=C1c1cc(C2=CCC[C@H]2O)cc(C2=CCC[C@H]2O)c1. The van der Waals surface area contributed by atoms with Crippen molar-refractivity contribution in [1.82, 2.24) is 0 Å². The number of allylic oxidation sites excluding steroid dienone is 3. The summed E-state index contributed by atoms with van der Waals surface area (Å²) in [4.78, 5) is 0. The van der Waals surface area contributed by atoms with Crippen molar-refractivity contribution in [1.29, 1.82) is 0 Å². The number of aliphatic hydroxyl groups excluding tert-OH is 3. The summed E-state index contributed by atoms with van der Waals surface area (Å²) >= 11 is 0. The Balaban J connectivity index is 1.82. The molecule has 0 spiro atoms. The molecule has 0 saturated heterocycles. The van der Waals surface area contributed by atoms with Crippen LogP contribution in [0.1, 0.15) is 55.2 Å². The van der Waals surface area contributed by atoms with Gasteiger partial charge in [0.15, 0.2) is 0 Å². The quantitative estimate of drug-likeness (QED) is 0.799. The molecule has 3 atom stereocenters. The van der Waals surface area contributed by atoms with Crippen LogP contribution >= 0.6 is 0 Å². The molecule has 0 saturated carbocycles. The maximum atomic E-state index is 10.3. The van der Waals surface area contributed by atoms with Crippen molar-refractivity contribution in [2.24, 2.45) is 0 Å². The predicted octanol–water partition coefficient (Wildman–Crippen LogP) is 3.30. The fourth-order valence-corrected chi connectivity index (χ4v) is 4.12. The topological polar surface area (TPSA) is 60.7 Å². The van der Waals surface area contributed by atoms with E-state index >= 15 is 0 Å². The third kappa shape index (κ3) is 2.77. The van der Waals surface area contributed by atoms with E-state index in [1.54, 1.807) is 0 Å². The first-order valence-electron chi connectivity index (χ1n) is 8.94. The summed E-state index contributed by atoms with van der Waals surface area (Å²) in [6.07, 6.45) is 10.1. The van der Waals surface area contributed by atoms with Gasteiger partial charge in [0.05, 0.1) is 18.3 Å². The first-order valence-corrected chi connectivity index (χ1v) is 8.94. The van der Waals surface area contributed by atoms with E-state index in [0.29, 0.717) is 0 Å². The Hall–Kier alpha value is -1.68. The van der Waals surface area contributed by atoms with Gasteiger partial charge < -0.3 is 15.3 Å². The molecule has 3 N–H and O–H groups in total. The average Bonchev–Trinajstić information content (AvgIpc) is 3.28. The maximum absolute atomic E-state index is 10.3. The molecule has 3 aliphatic carbocycles. The van der Waals surface area contributed by atoms with Gasteiger partial charge in [0.25, 0.3) is 0 Å². The minimum atomic E-state index is -0.418. The van der Waals surface area contributed by atoms with Crippen LogP contribution in [-0.4, -0.2) is 33.6 Å². The number of aliphatic hydroxyl groups is 3. The maximum Gasteiger partial charge on any atom is 0.0795 e. The summed E-state index contributed by atoms with van der Waals surface area (Å²) in [6, 6.07) is 6.23. The second-order valence-electron chi connectivity index (χ2n) is 7.06. The van der Waals surface area contributed by atoms with Gasteiger partial charge >= 0.3 is 0 Å². The Morgan fingerprint density at radius 2 is 0.833 bits per heavy atom. The van der Waals surface area contributed by atoms with Crippen molar-refractivity contribution >= 4 is 16.7 Å². The zero-order chi connectivity index (χ0) is 16.7. The van der Waals surface area contributed by atoms with Gasteiger partial charge in [-0.05, 0) is 90.1 Å². The Morgan fingerprint density at radius 1 is 0.542 bits per heavy atom. The molecule has 126 valence electrons. The van der Waals surface area contributed by atoms with Gasteiger partial charge in [-0.3, -0.25) is 0 Å². The summed E-state index contributed by atoms with van der Waals surface area (Å²) < 4.78 is 0. The Kier molecular flexibility index (Phi) is 4.17. The molecule has 3 heteroatoms. The summed E-state index contributed by atoms with van der Waals surface area (Å²) in [6.45, 7) is 0. The van der Waals surface area contributed by atoms with Gasteiger partial charge in [-0.2, -0.15) is 0 Å². The van der Waals surface area contributed by atoms with Crippen molar-refractivity contribution in [3.05, 3.63) is 53.1 Å². The van der Waals surface area contributed by atoms with Gasteiger partial charge in [-0.25, -0.2) is 0 Å². The Bertz CT molecular complexity index is 629. The van der Waals surface area contributed by atoms with Crippen LogP contribution in [0.4, 0.5) is 0 Å². The van der Waals surface area contributed by atoms with E-state index in [-0.39, 0.29) is 0 Å². The molecule has 0 fully saturated rings. The van der Waals surface area contributed by atoms with Gasteiger partial charge in [0, 0.05) is 0 Å². The van der Waals surface area contributed by atoms with E-state index < -0.39 is 18.3 Å². The molecule has 1 aromatic carbocycles.